The third-order valence-electron chi connectivity index (χ3n) is 3.80. The van der Waals surface area contributed by atoms with Crippen molar-refractivity contribution in [1.29, 1.82) is 0 Å². The van der Waals surface area contributed by atoms with Gasteiger partial charge >= 0.3 is 0 Å². The first-order valence-electron chi connectivity index (χ1n) is 7.56. The maximum Gasteiger partial charge on any atom is 0.282 e. The molecule has 6 nitrogen and oxygen atoms in total. The molecule has 10 heteroatoms. The molecule has 0 unspecified atom stereocenters. The summed E-state index contributed by atoms with van der Waals surface area (Å²) in [5, 5.41) is 8.97. The molecule has 0 radical (unpaired) electrons. The van der Waals surface area contributed by atoms with Gasteiger partial charge in [-0.1, -0.05) is 12.1 Å². The van der Waals surface area contributed by atoms with Gasteiger partial charge in [0.05, 0.1) is 18.5 Å². The highest BCUT2D eigenvalue weighted by Crippen LogP contribution is 2.32. The second kappa shape index (κ2) is 7.05. The van der Waals surface area contributed by atoms with Crippen molar-refractivity contribution in [2.24, 2.45) is 5.14 Å². The van der Waals surface area contributed by atoms with E-state index in [1.54, 1.807) is 0 Å². The number of aromatic nitrogens is 2. The van der Waals surface area contributed by atoms with Crippen molar-refractivity contribution in [3.63, 3.8) is 0 Å². The number of nitrogens with two attached hydrogens (primary N) is 1. The smallest absolute Gasteiger partial charge is 0.282 e. The second-order valence-corrected chi connectivity index (χ2v) is 7.06. The Labute approximate surface area is 153 Å². The Morgan fingerprint density at radius 2 is 1.85 bits per heavy atom. The molecule has 0 aliphatic rings. The zero-order chi connectivity index (χ0) is 19.8. The minimum absolute atomic E-state index is 0.0541. The second-order valence-electron chi connectivity index (χ2n) is 5.53. The van der Waals surface area contributed by atoms with E-state index in [2.05, 4.69) is 5.10 Å². The average Bonchev–Trinajstić information content (AvgIpc) is 3.06. The van der Waals surface area contributed by atoms with Crippen molar-refractivity contribution in [2.45, 2.75) is 11.3 Å². The van der Waals surface area contributed by atoms with E-state index in [9.17, 15) is 21.6 Å². The number of alkyl halides is 2. The van der Waals surface area contributed by atoms with Gasteiger partial charge < -0.3 is 4.74 Å². The number of ether oxygens (including phenoxy) is 1. The lowest BCUT2D eigenvalue weighted by Crippen LogP contribution is -2.16. The van der Waals surface area contributed by atoms with Crippen LogP contribution in [0.15, 0.2) is 53.4 Å². The predicted molar refractivity (Wildman–Crippen MR) is 91.8 cm³/mol. The molecule has 0 bridgehead atoms. The summed E-state index contributed by atoms with van der Waals surface area (Å²) in [5.74, 6) is -0.509. The van der Waals surface area contributed by atoms with E-state index in [4.69, 9.17) is 9.88 Å². The lowest BCUT2D eigenvalue weighted by molar-refractivity contribution is 0.145. The summed E-state index contributed by atoms with van der Waals surface area (Å²) < 4.78 is 70.5. The Kier molecular flexibility index (Phi) is 4.94. The fourth-order valence-electron chi connectivity index (χ4n) is 2.58. The molecule has 1 aromatic heterocycles. The Morgan fingerprint density at radius 3 is 2.44 bits per heavy atom. The minimum Gasteiger partial charge on any atom is -0.497 e. The summed E-state index contributed by atoms with van der Waals surface area (Å²) in [4.78, 5) is -0.330. The Morgan fingerprint density at radius 1 is 1.15 bits per heavy atom. The number of hydrogen-bond acceptors (Lipinski definition) is 4. The van der Waals surface area contributed by atoms with E-state index in [1.807, 2.05) is 0 Å². The van der Waals surface area contributed by atoms with E-state index >= 15 is 0 Å². The van der Waals surface area contributed by atoms with Crippen LogP contribution < -0.4 is 9.88 Å². The van der Waals surface area contributed by atoms with Crippen LogP contribution in [0.4, 0.5) is 13.2 Å². The first-order chi connectivity index (χ1) is 12.7. The Balaban J connectivity index is 2.30. The Hall–Kier alpha value is -2.85. The molecule has 0 spiro atoms. The SMILES string of the molecule is COc1ccc(-c2cc(C(F)F)nn2-c2ccccc2S(N)(=O)=O)c(F)c1. The molecule has 0 aliphatic carbocycles. The maximum atomic E-state index is 14.5. The molecule has 0 saturated carbocycles. The Bertz CT molecular complexity index is 1100. The minimum atomic E-state index is -4.17. The van der Waals surface area contributed by atoms with E-state index in [-0.39, 0.29) is 27.6 Å². The molecule has 3 aromatic rings. The van der Waals surface area contributed by atoms with Crippen LogP contribution in [0.5, 0.6) is 5.75 Å². The first kappa shape index (κ1) is 18.9. The van der Waals surface area contributed by atoms with Gasteiger partial charge in [-0.25, -0.2) is 31.4 Å². The first-order valence-corrected chi connectivity index (χ1v) is 9.11. The molecule has 2 N–H and O–H groups in total. The number of primary sulfonamides is 1. The average molecular weight is 397 g/mol. The number of methoxy groups -OCH3 is 1. The van der Waals surface area contributed by atoms with E-state index < -0.39 is 28.0 Å². The highest BCUT2D eigenvalue weighted by atomic mass is 32.2. The van der Waals surface area contributed by atoms with Crippen LogP contribution in [0.2, 0.25) is 0 Å². The van der Waals surface area contributed by atoms with Gasteiger partial charge in [-0.3, -0.25) is 0 Å². The molecule has 3 rings (SSSR count). The van der Waals surface area contributed by atoms with Crippen LogP contribution in [0.25, 0.3) is 16.9 Å². The number of sulfonamides is 1. The van der Waals surface area contributed by atoms with Crippen LogP contribution in [-0.4, -0.2) is 25.3 Å². The summed E-state index contributed by atoms with van der Waals surface area (Å²) in [5.41, 5.74) is -0.817. The predicted octanol–water partition coefficient (Wildman–Crippen LogP) is 3.27. The molecule has 2 aromatic carbocycles. The number of nitrogens with zero attached hydrogens (tertiary/aromatic N) is 2. The molecule has 142 valence electrons. The lowest BCUT2D eigenvalue weighted by Gasteiger charge is -2.12. The normalized spacial score (nSPS) is 11.8. The van der Waals surface area contributed by atoms with Gasteiger partial charge in [0, 0.05) is 11.6 Å². The molecule has 0 atom stereocenters. The fraction of sp³-hybridized carbons (Fsp3) is 0.118. The quantitative estimate of drug-likeness (QED) is 0.716. The third kappa shape index (κ3) is 3.67. The van der Waals surface area contributed by atoms with E-state index in [0.29, 0.717) is 0 Å². The van der Waals surface area contributed by atoms with Gasteiger partial charge in [-0.05, 0) is 30.3 Å². The summed E-state index contributed by atoms with van der Waals surface area (Å²) in [7, 11) is -2.82. The number of rotatable bonds is 5. The monoisotopic (exact) mass is 397 g/mol. The van der Waals surface area contributed by atoms with Crippen LogP contribution in [-0.2, 0) is 10.0 Å². The number of hydrogen-bond donors (Lipinski definition) is 1. The standard InChI is InChI=1S/C17H14F3N3O3S/c1-26-10-6-7-11(12(18)8-10)15-9-13(17(19)20)22-23(15)14-4-2-3-5-16(14)27(21,24)25/h2-9,17H,1H3,(H2,21,24,25). The van der Waals surface area contributed by atoms with Crippen molar-refractivity contribution >= 4 is 10.0 Å². The maximum absolute atomic E-state index is 14.5. The van der Waals surface area contributed by atoms with Gasteiger partial charge in [-0.15, -0.1) is 0 Å². The molecule has 0 fully saturated rings. The van der Waals surface area contributed by atoms with Crippen molar-refractivity contribution in [3.05, 3.63) is 60.0 Å². The van der Waals surface area contributed by atoms with E-state index in [1.165, 1.54) is 43.5 Å². The van der Waals surface area contributed by atoms with Gasteiger partial charge in [-0.2, -0.15) is 5.10 Å². The van der Waals surface area contributed by atoms with Crippen molar-refractivity contribution in [1.82, 2.24) is 9.78 Å². The van der Waals surface area contributed by atoms with Gasteiger partial charge in [0.25, 0.3) is 6.43 Å². The van der Waals surface area contributed by atoms with Crippen LogP contribution in [0, 0.1) is 5.82 Å². The van der Waals surface area contributed by atoms with Crippen molar-refractivity contribution < 1.29 is 26.3 Å². The van der Waals surface area contributed by atoms with Crippen LogP contribution in [0.1, 0.15) is 12.1 Å². The zero-order valence-electron chi connectivity index (χ0n) is 13.9. The zero-order valence-corrected chi connectivity index (χ0v) is 14.8. The molecule has 27 heavy (non-hydrogen) atoms. The third-order valence-corrected chi connectivity index (χ3v) is 4.76. The summed E-state index contributed by atoms with van der Waals surface area (Å²) in [6, 6.07) is 10.3. The number of halogens is 3. The van der Waals surface area contributed by atoms with Gasteiger partial charge in [0.15, 0.2) is 0 Å². The number of para-hydroxylation sites is 1. The fourth-order valence-corrected chi connectivity index (χ4v) is 3.30. The summed E-state index contributed by atoms with van der Waals surface area (Å²) in [6.45, 7) is 0. The van der Waals surface area contributed by atoms with E-state index in [0.717, 1.165) is 16.8 Å². The molecule has 1 heterocycles. The molecular formula is C17H14F3N3O3S. The molecular weight excluding hydrogens is 383 g/mol. The molecule has 0 amide bonds. The number of benzene rings is 2. The summed E-state index contributed by atoms with van der Waals surface area (Å²) >= 11 is 0. The van der Waals surface area contributed by atoms with Crippen LogP contribution >= 0.6 is 0 Å². The highest BCUT2D eigenvalue weighted by molar-refractivity contribution is 7.89. The van der Waals surface area contributed by atoms with Crippen molar-refractivity contribution in [2.75, 3.05) is 7.11 Å². The molecule has 0 saturated heterocycles. The topological polar surface area (TPSA) is 87.2 Å². The molecule has 0 aliphatic heterocycles. The van der Waals surface area contributed by atoms with Crippen molar-refractivity contribution in [3.8, 4) is 22.7 Å². The summed E-state index contributed by atoms with van der Waals surface area (Å²) in [6.07, 6.45) is -2.94. The van der Waals surface area contributed by atoms with Gasteiger partial charge in [0.1, 0.15) is 22.2 Å². The van der Waals surface area contributed by atoms with Gasteiger partial charge in [0.2, 0.25) is 10.0 Å². The van der Waals surface area contributed by atoms with Crippen LogP contribution in [0.3, 0.4) is 0 Å². The lowest BCUT2D eigenvalue weighted by atomic mass is 10.1. The highest BCUT2D eigenvalue weighted by Gasteiger charge is 2.23. The largest absolute Gasteiger partial charge is 0.497 e.